The molecule has 1 aliphatic heterocycles. The molecule has 1 saturated heterocycles. The molecule has 2 amide bonds. The molecule has 148 valence electrons. The maximum Gasteiger partial charge on any atom is 0.241 e. The molecule has 0 radical (unpaired) electrons. The smallest absolute Gasteiger partial charge is 0.241 e. The molecule has 0 unspecified atom stereocenters. The number of nitrogens with one attached hydrogen (secondary N) is 2. The maximum absolute atomic E-state index is 12.5. The first-order valence-electron chi connectivity index (χ1n) is 9.65. The monoisotopic (exact) mass is 399 g/mol. The highest BCUT2D eigenvalue weighted by molar-refractivity contribution is 6.30. The molecule has 0 aliphatic carbocycles. The van der Waals surface area contributed by atoms with Gasteiger partial charge in [-0.25, -0.2) is 0 Å². The molecule has 2 N–H and O–H groups in total. The van der Waals surface area contributed by atoms with Crippen LogP contribution in [0.3, 0.4) is 0 Å². The summed E-state index contributed by atoms with van der Waals surface area (Å²) in [5.41, 5.74) is 1.79. The van der Waals surface area contributed by atoms with Gasteiger partial charge in [-0.1, -0.05) is 48.0 Å². The second-order valence-corrected chi connectivity index (χ2v) is 7.63. The molecule has 0 aromatic heterocycles. The number of piperidine rings is 1. The van der Waals surface area contributed by atoms with Crippen molar-refractivity contribution in [2.45, 2.75) is 32.4 Å². The van der Waals surface area contributed by atoms with Gasteiger partial charge in [-0.2, -0.15) is 0 Å². The van der Waals surface area contributed by atoms with Gasteiger partial charge in [0.05, 0.1) is 6.04 Å². The normalized spacial score (nSPS) is 16.4. The fourth-order valence-electron chi connectivity index (χ4n) is 3.46. The third-order valence-corrected chi connectivity index (χ3v) is 5.46. The van der Waals surface area contributed by atoms with Crippen molar-refractivity contribution in [3.05, 3.63) is 65.2 Å². The van der Waals surface area contributed by atoms with E-state index in [9.17, 15) is 9.59 Å². The Morgan fingerprint density at radius 1 is 1.11 bits per heavy atom. The molecule has 2 aromatic rings. The number of hydrogen-bond acceptors (Lipinski definition) is 3. The molecule has 0 spiro atoms. The minimum absolute atomic E-state index is 0.00292. The quantitative estimate of drug-likeness (QED) is 0.778. The van der Waals surface area contributed by atoms with Gasteiger partial charge in [0.25, 0.3) is 0 Å². The fourth-order valence-corrected chi connectivity index (χ4v) is 3.65. The van der Waals surface area contributed by atoms with Crippen LogP contribution in [0.25, 0.3) is 0 Å². The molecule has 1 fully saturated rings. The molecule has 3 rings (SSSR count). The first-order chi connectivity index (χ1) is 13.5. The van der Waals surface area contributed by atoms with Crippen LogP contribution < -0.4 is 10.6 Å². The van der Waals surface area contributed by atoms with Gasteiger partial charge >= 0.3 is 0 Å². The van der Waals surface area contributed by atoms with Crippen molar-refractivity contribution in [2.24, 2.45) is 5.92 Å². The van der Waals surface area contributed by atoms with Gasteiger partial charge in [-0.3, -0.25) is 14.5 Å². The van der Waals surface area contributed by atoms with E-state index in [0.717, 1.165) is 31.5 Å². The number of amides is 2. The number of carbonyl (C=O) groups is 2. The van der Waals surface area contributed by atoms with Crippen molar-refractivity contribution in [1.82, 2.24) is 10.2 Å². The number of anilines is 1. The van der Waals surface area contributed by atoms with Gasteiger partial charge in [0.15, 0.2) is 0 Å². The van der Waals surface area contributed by atoms with E-state index in [4.69, 9.17) is 11.6 Å². The van der Waals surface area contributed by atoms with Crippen LogP contribution in [0, 0.1) is 5.92 Å². The molecule has 1 atom stereocenters. The molecular formula is C22H26ClN3O2. The van der Waals surface area contributed by atoms with Gasteiger partial charge < -0.3 is 10.6 Å². The minimum atomic E-state index is -0.257. The Morgan fingerprint density at radius 3 is 2.50 bits per heavy atom. The highest BCUT2D eigenvalue weighted by Crippen LogP contribution is 2.21. The van der Waals surface area contributed by atoms with Crippen LogP contribution >= 0.6 is 11.6 Å². The van der Waals surface area contributed by atoms with Gasteiger partial charge in [0.1, 0.15) is 0 Å². The highest BCUT2D eigenvalue weighted by Gasteiger charge is 2.29. The van der Waals surface area contributed by atoms with Crippen LogP contribution in [0.1, 0.15) is 25.3 Å². The maximum atomic E-state index is 12.5. The number of halogens is 1. The summed E-state index contributed by atoms with van der Waals surface area (Å²) in [5.74, 6) is 0.0388. The Hall–Kier alpha value is -2.37. The van der Waals surface area contributed by atoms with Gasteiger partial charge in [-0.15, -0.1) is 0 Å². The average molecular weight is 400 g/mol. The number of rotatable bonds is 6. The van der Waals surface area contributed by atoms with Crippen LogP contribution in [-0.4, -0.2) is 35.8 Å². The summed E-state index contributed by atoms with van der Waals surface area (Å²) in [6.45, 7) is 3.91. The van der Waals surface area contributed by atoms with Crippen molar-refractivity contribution in [2.75, 3.05) is 18.4 Å². The summed E-state index contributed by atoms with van der Waals surface area (Å²) in [7, 11) is 0. The molecule has 0 bridgehead atoms. The van der Waals surface area contributed by atoms with E-state index < -0.39 is 0 Å². The Balaban J connectivity index is 1.44. The van der Waals surface area contributed by atoms with E-state index in [1.807, 2.05) is 49.4 Å². The number of likely N-dealkylation sites (tertiary alicyclic amines) is 1. The number of benzene rings is 2. The van der Waals surface area contributed by atoms with E-state index in [-0.39, 0.29) is 23.8 Å². The Labute approximate surface area is 171 Å². The van der Waals surface area contributed by atoms with Crippen molar-refractivity contribution >= 4 is 29.1 Å². The lowest BCUT2D eigenvalue weighted by atomic mass is 9.94. The SMILES string of the molecule is C[C@@H](C(=O)Nc1cccc(Cl)c1)N1CCC(C(=O)NCc2ccccc2)CC1. The Kier molecular flexibility index (Phi) is 7.06. The van der Waals surface area contributed by atoms with Gasteiger partial charge in [0, 0.05) is 23.2 Å². The predicted octanol–water partition coefficient (Wildman–Crippen LogP) is 3.70. The second kappa shape index (κ2) is 9.71. The van der Waals surface area contributed by atoms with E-state index in [1.165, 1.54) is 0 Å². The summed E-state index contributed by atoms with van der Waals surface area (Å²) in [4.78, 5) is 27.1. The predicted molar refractivity (Wildman–Crippen MR) is 112 cm³/mol. The molecule has 1 aliphatic rings. The van der Waals surface area contributed by atoms with E-state index in [1.54, 1.807) is 12.1 Å². The Morgan fingerprint density at radius 2 is 1.82 bits per heavy atom. The molecule has 28 heavy (non-hydrogen) atoms. The molecular weight excluding hydrogens is 374 g/mol. The van der Waals surface area contributed by atoms with Crippen LogP contribution in [0.5, 0.6) is 0 Å². The topological polar surface area (TPSA) is 61.4 Å². The van der Waals surface area contributed by atoms with E-state index >= 15 is 0 Å². The summed E-state index contributed by atoms with van der Waals surface area (Å²) in [5, 5.41) is 6.52. The molecule has 2 aromatic carbocycles. The largest absolute Gasteiger partial charge is 0.352 e. The fraction of sp³-hybridized carbons (Fsp3) is 0.364. The highest BCUT2D eigenvalue weighted by atomic mass is 35.5. The van der Waals surface area contributed by atoms with E-state index in [0.29, 0.717) is 17.3 Å². The van der Waals surface area contributed by atoms with Crippen molar-refractivity contribution in [1.29, 1.82) is 0 Å². The lowest BCUT2D eigenvalue weighted by molar-refractivity contribution is -0.127. The Bertz CT molecular complexity index is 804. The minimum Gasteiger partial charge on any atom is -0.352 e. The number of carbonyl (C=O) groups excluding carboxylic acids is 2. The lowest BCUT2D eigenvalue weighted by Gasteiger charge is -2.34. The van der Waals surface area contributed by atoms with Crippen LogP contribution in [0.15, 0.2) is 54.6 Å². The van der Waals surface area contributed by atoms with Gasteiger partial charge in [0.2, 0.25) is 11.8 Å². The molecule has 6 heteroatoms. The standard InChI is InChI=1S/C22H26ClN3O2/c1-16(21(27)25-20-9-5-8-19(23)14-20)26-12-10-18(11-13-26)22(28)24-15-17-6-3-2-4-7-17/h2-9,14,16,18H,10-13,15H2,1H3,(H,24,28)(H,25,27)/t16-/m0/s1. The summed E-state index contributed by atoms with van der Waals surface area (Å²) in [6.07, 6.45) is 1.52. The van der Waals surface area contributed by atoms with Crippen molar-refractivity contribution in [3.8, 4) is 0 Å². The number of nitrogens with zero attached hydrogens (tertiary/aromatic N) is 1. The summed E-state index contributed by atoms with van der Waals surface area (Å²) >= 11 is 5.97. The van der Waals surface area contributed by atoms with E-state index in [2.05, 4.69) is 15.5 Å². The van der Waals surface area contributed by atoms with Crippen LogP contribution in [0.2, 0.25) is 5.02 Å². The molecule has 0 saturated carbocycles. The van der Waals surface area contributed by atoms with Crippen molar-refractivity contribution in [3.63, 3.8) is 0 Å². The van der Waals surface area contributed by atoms with Crippen LogP contribution in [-0.2, 0) is 16.1 Å². The molecule has 1 heterocycles. The first-order valence-corrected chi connectivity index (χ1v) is 10.0. The van der Waals surface area contributed by atoms with Gasteiger partial charge in [-0.05, 0) is 56.6 Å². The third-order valence-electron chi connectivity index (χ3n) is 5.23. The third kappa shape index (κ3) is 5.57. The summed E-state index contributed by atoms with van der Waals surface area (Å²) < 4.78 is 0. The summed E-state index contributed by atoms with van der Waals surface area (Å²) in [6, 6.07) is 16.8. The second-order valence-electron chi connectivity index (χ2n) is 7.19. The average Bonchev–Trinajstić information content (AvgIpc) is 2.72. The molecule has 5 nitrogen and oxygen atoms in total. The zero-order valence-electron chi connectivity index (χ0n) is 16.0. The zero-order valence-corrected chi connectivity index (χ0v) is 16.8. The lowest BCUT2D eigenvalue weighted by Crippen LogP contribution is -2.48. The first kappa shape index (κ1) is 20.4. The van der Waals surface area contributed by atoms with Crippen LogP contribution in [0.4, 0.5) is 5.69 Å². The zero-order chi connectivity index (χ0) is 19.9. The number of hydrogen-bond donors (Lipinski definition) is 2. The van der Waals surface area contributed by atoms with Crippen molar-refractivity contribution < 1.29 is 9.59 Å².